The average Bonchev–Trinajstić information content (AvgIpc) is 2.97. The molecule has 0 saturated carbocycles. The first kappa shape index (κ1) is 11.3. The van der Waals surface area contributed by atoms with Gasteiger partial charge in [-0.25, -0.2) is 4.98 Å². The number of hydrogen-bond donors (Lipinski definition) is 2. The Morgan fingerprint density at radius 3 is 3.11 bits per heavy atom. The molecule has 0 radical (unpaired) electrons. The van der Waals surface area contributed by atoms with Crippen molar-refractivity contribution in [2.45, 2.75) is 12.5 Å². The number of hydrogen-bond acceptors (Lipinski definition) is 6. The van der Waals surface area contributed by atoms with Gasteiger partial charge in [-0.2, -0.15) is 0 Å². The second-order valence-electron chi connectivity index (χ2n) is 3.88. The van der Waals surface area contributed by atoms with Crippen molar-refractivity contribution in [2.75, 3.05) is 0 Å². The van der Waals surface area contributed by atoms with Crippen LogP contribution in [0.4, 0.5) is 0 Å². The van der Waals surface area contributed by atoms with Crippen LogP contribution in [0.1, 0.15) is 17.4 Å². The summed E-state index contributed by atoms with van der Waals surface area (Å²) in [4.78, 5) is 13.8. The van der Waals surface area contributed by atoms with Gasteiger partial charge in [0.15, 0.2) is 4.96 Å². The lowest BCUT2D eigenvalue weighted by Gasteiger charge is -2.12. The summed E-state index contributed by atoms with van der Waals surface area (Å²) >= 11 is 1.61. The molecule has 0 amide bonds. The van der Waals surface area contributed by atoms with E-state index in [0.717, 1.165) is 16.3 Å². The zero-order valence-corrected chi connectivity index (χ0v) is 10.3. The molecule has 3 rings (SSSR count). The molecule has 0 spiro atoms. The highest BCUT2D eigenvalue weighted by Gasteiger charge is 2.14. The van der Waals surface area contributed by atoms with Crippen molar-refractivity contribution in [3.63, 3.8) is 0 Å². The Bertz CT molecular complexity index is 603. The van der Waals surface area contributed by atoms with Crippen LogP contribution in [0.5, 0.6) is 0 Å². The predicted molar refractivity (Wildman–Crippen MR) is 68.9 cm³/mol. The van der Waals surface area contributed by atoms with Crippen molar-refractivity contribution in [3.8, 4) is 0 Å². The SMILES string of the molecule is NNC(Cc1cn2ccsc2n1)c1cnccn1. The van der Waals surface area contributed by atoms with Crippen LogP contribution in [0, 0.1) is 0 Å². The highest BCUT2D eigenvalue weighted by atomic mass is 32.1. The summed E-state index contributed by atoms with van der Waals surface area (Å²) in [6, 6.07) is -0.0803. The maximum Gasteiger partial charge on any atom is 0.193 e. The van der Waals surface area contributed by atoms with Crippen molar-refractivity contribution in [1.82, 2.24) is 24.8 Å². The number of nitrogens with two attached hydrogens (primary N) is 1. The van der Waals surface area contributed by atoms with E-state index in [-0.39, 0.29) is 6.04 Å². The third-order valence-corrected chi connectivity index (χ3v) is 3.47. The van der Waals surface area contributed by atoms with Gasteiger partial charge in [-0.05, 0) is 0 Å². The van der Waals surface area contributed by atoms with Crippen LogP contribution >= 0.6 is 11.3 Å². The number of imidazole rings is 1. The van der Waals surface area contributed by atoms with Crippen LogP contribution in [0.2, 0.25) is 0 Å². The summed E-state index contributed by atoms with van der Waals surface area (Å²) in [5.74, 6) is 5.57. The van der Waals surface area contributed by atoms with Crippen LogP contribution in [-0.4, -0.2) is 19.4 Å². The molecule has 6 nitrogen and oxygen atoms in total. The van der Waals surface area contributed by atoms with Crippen LogP contribution in [-0.2, 0) is 6.42 Å². The number of aromatic nitrogens is 4. The molecule has 92 valence electrons. The molecular weight excluding hydrogens is 248 g/mol. The molecule has 0 saturated heterocycles. The molecule has 0 fully saturated rings. The minimum Gasteiger partial charge on any atom is -0.297 e. The number of nitrogens with zero attached hydrogens (tertiary/aromatic N) is 4. The minimum absolute atomic E-state index is 0.0803. The molecule has 0 aromatic carbocycles. The number of fused-ring (bicyclic) bond motifs is 1. The monoisotopic (exact) mass is 260 g/mol. The van der Waals surface area contributed by atoms with E-state index >= 15 is 0 Å². The first-order chi connectivity index (χ1) is 8.86. The molecule has 0 aliphatic rings. The average molecular weight is 260 g/mol. The van der Waals surface area contributed by atoms with Crippen molar-refractivity contribution in [2.24, 2.45) is 5.84 Å². The van der Waals surface area contributed by atoms with Gasteiger partial charge in [-0.3, -0.25) is 25.6 Å². The summed E-state index contributed by atoms with van der Waals surface area (Å²) in [6.45, 7) is 0. The fraction of sp³-hybridized carbons (Fsp3) is 0.182. The maximum absolute atomic E-state index is 5.57. The molecule has 3 N–H and O–H groups in total. The van der Waals surface area contributed by atoms with E-state index in [2.05, 4.69) is 20.4 Å². The molecular formula is C11H12N6S. The standard InChI is InChI=1S/C11H12N6S/c12-16-9(10-6-13-1-2-14-10)5-8-7-17-3-4-18-11(17)15-8/h1-4,6-7,9,16H,5,12H2. The number of nitrogens with one attached hydrogen (secondary N) is 1. The zero-order valence-electron chi connectivity index (χ0n) is 9.52. The largest absolute Gasteiger partial charge is 0.297 e. The van der Waals surface area contributed by atoms with E-state index in [1.54, 1.807) is 29.9 Å². The topological polar surface area (TPSA) is 81.1 Å². The second-order valence-corrected chi connectivity index (χ2v) is 4.75. The Balaban J connectivity index is 1.84. The van der Waals surface area contributed by atoms with E-state index in [4.69, 9.17) is 5.84 Å². The fourth-order valence-corrected chi connectivity index (χ4v) is 2.54. The van der Waals surface area contributed by atoms with Gasteiger partial charge in [0, 0.05) is 36.6 Å². The van der Waals surface area contributed by atoms with Crippen molar-refractivity contribution >= 4 is 16.3 Å². The molecule has 3 aromatic rings. The van der Waals surface area contributed by atoms with Gasteiger partial charge < -0.3 is 0 Å². The molecule has 3 aromatic heterocycles. The maximum atomic E-state index is 5.57. The van der Waals surface area contributed by atoms with Crippen molar-refractivity contribution < 1.29 is 0 Å². The third kappa shape index (κ3) is 2.10. The lowest BCUT2D eigenvalue weighted by atomic mass is 10.1. The highest BCUT2D eigenvalue weighted by molar-refractivity contribution is 7.15. The van der Waals surface area contributed by atoms with E-state index in [1.807, 2.05) is 22.2 Å². The van der Waals surface area contributed by atoms with E-state index in [0.29, 0.717) is 6.42 Å². The Morgan fingerprint density at radius 2 is 2.39 bits per heavy atom. The van der Waals surface area contributed by atoms with E-state index in [1.165, 1.54) is 0 Å². The molecule has 3 heterocycles. The van der Waals surface area contributed by atoms with Crippen molar-refractivity contribution in [1.29, 1.82) is 0 Å². The molecule has 0 bridgehead atoms. The predicted octanol–water partition coefficient (Wildman–Crippen LogP) is 0.933. The van der Waals surface area contributed by atoms with Crippen LogP contribution < -0.4 is 11.3 Å². The van der Waals surface area contributed by atoms with Gasteiger partial charge in [-0.1, -0.05) is 0 Å². The van der Waals surface area contributed by atoms with Gasteiger partial charge in [0.2, 0.25) is 0 Å². The van der Waals surface area contributed by atoms with Crippen LogP contribution in [0.15, 0.2) is 36.4 Å². The molecule has 1 atom stereocenters. The number of thiazole rings is 1. The van der Waals surface area contributed by atoms with Crippen LogP contribution in [0.3, 0.4) is 0 Å². The lowest BCUT2D eigenvalue weighted by Crippen LogP contribution is -2.30. The number of hydrazine groups is 1. The Labute approximate surface area is 107 Å². The molecule has 0 aliphatic heterocycles. The second kappa shape index (κ2) is 4.81. The molecule has 18 heavy (non-hydrogen) atoms. The number of rotatable bonds is 4. The Kier molecular flexibility index (Phi) is 3.01. The van der Waals surface area contributed by atoms with Gasteiger partial charge >= 0.3 is 0 Å². The van der Waals surface area contributed by atoms with Gasteiger partial charge in [0.05, 0.1) is 23.6 Å². The normalized spacial score (nSPS) is 12.9. The molecule has 7 heteroatoms. The lowest BCUT2D eigenvalue weighted by molar-refractivity contribution is 0.532. The summed E-state index contributed by atoms with van der Waals surface area (Å²) < 4.78 is 2.00. The summed E-state index contributed by atoms with van der Waals surface area (Å²) in [5, 5.41) is 2.01. The zero-order chi connectivity index (χ0) is 12.4. The van der Waals surface area contributed by atoms with E-state index < -0.39 is 0 Å². The Morgan fingerprint density at radius 1 is 1.44 bits per heavy atom. The van der Waals surface area contributed by atoms with Gasteiger partial charge in [0.25, 0.3) is 0 Å². The summed E-state index contributed by atoms with van der Waals surface area (Å²) in [5.41, 5.74) is 4.55. The summed E-state index contributed by atoms with van der Waals surface area (Å²) in [7, 11) is 0. The fourth-order valence-electron chi connectivity index (χ4n) is 1.82. The van der Waals surface area contributed by atoms with Crippen LogP contribution in [0.25, 0.3) is 4.96 Å². The highest BCUT2D eigenvalue weighted by Crippen LogP contribution is 2.17. The minimum atomic E-state index is -0.0803. The quantitative estimate of drug-likeness (QED) is 0.539. The molecule has 1 unspecified atom stereocenters. The van der Waals surface area contributed by atoms with Gasteiger partial charge in [0.1, 0.15) is 0 Å². The van der Waals surface area contributed by atoms with Gasteiger partial charge in [-0.15, -0.1) is 11.3 Å². The molecule has 0 aliphatic carbocycles. The van der Waals surface area contributed by atoms with Crippen molar-refractivity contribution in [3.05, 3.63) is 47.8 Å². The smallest absolute Gasteiger partial charge is 0.193 e. The first-order valence-corrected chi connectivity index (χ1v) is 6.38. The first-order valence-electron chi connectivity index (χ1n) is 5.50. The third-order valence-electron chi connectivity index (χ3n) is 2.70. The Hall–Kier alpha value is -1.83. The summed E-state index contributed by atoms with van der Waals surface area (Å²) in [6.07, 6.45) is 9.69. The van der Waals surface area contributed by atoms with E-state index in [9.17, 15) is 0 Å².